The van der Waals surface area contributed by atoms with Crippen molar-refractivity contribution in [1.82, 2.24) is 25.1 Å². The number of thioether (sulfide) groups is 1. The van der Waals surface area contributed by atoms with Crippen LogP contribution in [0.5, 0.6) is 5.75 Å². The minimum atomic E-state index is -0.453. The van der Waals surface area contributed by atoms with E-state index in [9.17, 15) is 14.9 Å². The van der Waals surface area contributed by atoms with E-state index >= 15 is 0 Å². The Kier molecular flexibility index (Phi) is 6.26. The van der Waals surface area contributed by atoms with E-state index < -0.39 is 4.92 Å². The van der Waals surface area contributed by atoms with Gasteiger partial charge in [0.05, 0.1) is 23.5 Å². The number of aromatic nitrogens is 4. The number of carbonyl (C=O) groups excluding carboxylic acids is 1. The highest BCUT2D eigenvalue weighted by Gasteiger charge is 2.13. The average molecular weight is 450 g/mol. The summed E-state index contributed by atoms with van der Waals surface area (Å²) in [7, 11) is 1.59. The molecule has 0 aliphatic heterocycles. The van der Waals surface area contributed by atoms with Crippen molar-refractivity contribution in [2.45, 2.75) is 11.7 Å². The van der Waals surface area contributed by atoms with E-state index in [1.165, 1.54) is 28.4 Å². The summed E-state index contributed by atoms with van der Waals surface area (Å²) in [6, 6.07) is 17.1. The number of fused-ring (bicyclic) bond motifs is 1. The third-order valence-electron chi connectivity index (χ3n) is 4.59. The standard InChI is InChI=1S/C21H18N6O4S/c1-31-18-8-3-2-5-15(18)12-22-20(28)13-32-21-24-23-19-10-9-17(25-26(19)21)14-6-4-7-16(11-14)27(29)30/h2-11H,12-13H2,1H3,(H,22,28). The van der Waals surface area contributed by atoms with Gasteiger partial charge in [0.25, 0.3) is 5.69 Å². The van der Waals surface area contributed by atoms with Gasteiger partial charge < -0.3 is 10.1 Å². The second kappa shape index (κ2) is 9.43. The lowest BCUT2D eigenvalue weighted by molar-refractivity contribution is -0.384. The van der Waals surface area contributed by atoms with Gasteiger partial charge in [-0.25, -0.2) is 0 Å². The quantitative estimate of drug-likeness (QED) is 0.247. The third-order valence-corrected chi connectivity index (χ3v) is 5.51. The molecule has 0 saturated heterocycles. The van der Waals surface area contributed by atoms with Crippen LogP contribution in [0.3, 0.4) is 0 Å². The Morgan fingerprint density at radius 3 is 2.81 bits per heavy atom. The second-order valence-corrected chi connectivity index (χ2v) is 7.60. The third kappa shape index (κ3) is 4.67. The fourth-order valence-corrected chi connectivity index (χ4v) is 3.73. The molecule has 0 fully saturated rings. The molecule has 0 aliphatic carbocycles. The maximum atomic E-state index is 12.3. The number of non-ortho nitro benzene ring substituents is 1. The first-order valence-corrected chi connectivity index (χ1v) is 10.5. The molecule has 0 bridgehead atoms. The highest BCUT2D eigenvalue weighted by atomic mass is 32.2. The molecular formula is C21H18N6O4S. The van der Waals surface area contributed by atoms with Gasteiger partial charge in [-0.2, -0.15) is 9.61 Å². The minimum absolute atomic E-state index is 0.0190. The van der Waals surface area contributed by atoms with Crippen molar-refractivity contribution in [3.63, 3.8) is 0 Å². The Morgan fingerprint density at radius 2 is 2.00 bits per heavy atom. The summed E-state index contributed by atoms with van der Waals surface area (Å²) in [5.41, 5.74) is 2.50. The molecular weight excluding hydrogens is 432 g/mol. The number of rotatable bonds is 8. The van der Waals surface area contributed by atoms with Crippen LogP contribution in [-0.4, -0.2) is 43.5 Å². The first-order chi connectivity index (χ1) is 15.5. The lowest BCUT2D eigenvalue weighted by Crippen LogP contribution is -2.24. The monoisotopic (exact) mass is 450 g/mol. The van der Waals surface area contributed by atoms with Crippen molar-refractivity contribution in [2.24, 2.45) is 0 Å². The SMILES string of the molecule is COc1ccccc1CNC(=O)CSc1nnc2ccc(-c3cccc([N+](=O)[O-])c3)nn12. The van der Waals surface area contributed by atoms with E-state index in [0.717, 1.165) is 5.56 Å². The molecule has 2 aromatic heterocycles. The van der Waals surface area contributed by atoms with Crippen molar-refractivity contribution in [3.05, 3.63) is 76.3 Å². The molecule has 0 radical (unpaired) electrons. The fourth-order valence-electron chi connectivity index (χ4n) is 3.02. The molecule has 4 rings (SSSR count). The first kappa shape index (κ1) is 21.2. The van der Waals surface area contributed by atoms with E-state index in [0.29, 0.717) is 34.4 Å². The van der Waals surface area contributed by atoms with Gasteiger partial charge in [0, 0.05) is 29.8 Å². The Balaban J connectivity index is 1.45. The number of nitrogens with one attached hydrogen (secondary N) is 1. The zero-order valence-corrected chi connectivity index (χ0v) is 17.8. The second-order valence-electron chi connectivity index (χ2n) is 6.66. The zero-order chi connectivity index (χ0) is 22.5. The van der Waals surface area contributed by atoms with Crippen LogP contribution in [0.4, 0.5) is 5.69 Å². The molecule has 1 N–H and O–H groups in total. The van der Waals surface area contributed by atoms with Crippen molar-refractivity contribution >= 4 is 29.0 Å². The summed E-state index contributed by atoms with van der Waals surface area (Å²) in [5, 5.41) is 27.0. The molecule has 4 aromatic rings. The van der Waals surface area contributed by atoms with Crippen LogP contribution in [0, 0.1) is 10.1 Å². The van der Waals surface area contributed by atoms with Crippen molar-refractivity contribution in [2.75, 3.05) is 12.9 Å². The topological polar surface area (TPSA) is 125 Å². The number of nitro groups is 1. The molecule has 0 aliphatic rings. The summed E-state index contributed by atoms with van der Waals surface area (Å²) in [5.74, 6) is 0.660. The summed E-state index contributed by atoms with van der Waals surface area (Å²) in [4.78, 5) is 22.9. The Bertz CT molecular complexity index is 1290. The van der Waals surface area contributed by atoms with Gasteiger partial charge in [-0.15, -0.1) is 10.2 Å². The largest absolute Gasteiger partial charge is 0.496 e. The molecule has 0 saturated carbocycles. The van der Waals surface area contributed by atoms with E-state index in [1.54, 1.807) is 31.4 Å². The summed E-state index contributed by atoms with van der Waals surface area (Å²) >= 11 is 1.20. The molecule has 11 heteroatoms. The highest BCUT2D eigenvalue weighted by molar-refractivity contribution is 7.99. The van der Waals surface area contributed by atoms with Gasteiger partial charge in [-0.3, -0.25) is 14.9 Å². The number of methoxy groups -OCH3 is 1. The summed E-state index contributed by atoms with van der Waals surface area (Å²) < 4.78 is 6.81. The molecule has 162 valence electrons. The molecule has 32 heavy (non-hydrogen) atoms. The number of carbonyl (C=O) groups is 1. The van der Waals surface area contributed by atoms with Crippen LogP contribution < -0.4 is 10.1 Å². The average Bonchev–Trinajstić information content (AvgIpc) is 3.23. The molecule has 2 heterocycles. The van der Waals surface area contributed by atoms with Crippen LogP contribution in [0.1, 0.15) is 5.56 Å². The van der Waals surface area contributed by atoms with E-state index in [4.69, 9.17) is 4.74 Å². The lowest BCUT2D eigenvalue weighted by atomic mass is 10.1. The van der Waals surface area contributed by atoms with Crippen LogP contribution >= 0.6 is 11.8 Å². The first-order valence-electron chi connectivity index (χ1n) is 9.54. The van der Waals surface area contributed by atoms with Crippen LogP contribution in [-0.2, 0) is 11.3 Å². The Morgan fingerprint density at radius 1 is 1.16 bits per heavy atom. The summed E-state index contributed by atoms with van der Waals surface area (Å²) in [6.45, 7) is 0.346. The smallest absolute Gasteiger partial charge is 0.270 e. The van der Waals surface area contributed by atoms with Gasteiger partial charge in [-0.1, -0.05) is 42.1 Å². The highest BCUT2D eigenvalue weighted by Crippen LogP contribution is 2.24. The summed E-state index contributed by atoms with van der Waals surface area (Å²) in [6.07, 6.45) is 0. The lowest BCUT2D eigenvalue weighted by Gasteiger charge is -2.09. The molecule has 0 unspecified atom stereocenters. The number of para-hydroxylation sites is 1. The van der Waals surface area contributed by atoms with Gasteiger partial charge in [0.2, 0.25) is 11.1 Å². The normalized spacial score (nSPS) is 10.8. The Labute approximate surface area is 186 Å². The Hall–Kier alpha value is -3.99. The van der Waals surface area contributed by atoms with E-state index in [1.807, 2.05) is 24.3 Å². The fraction of sp³-hybridized carbons (Fsp3) is 0.143. The van der Waals surface area contributed by atoms with Gasteiger partial charge in [-0.05, 0) is 18.2 Å². The predicted octanol–water partition coefficient (Wildman–Crippen LogP) is 3.12. The zero-order valence-electron chi connectivity index (χ0n) is 17.0. The molecule has 10 nitrogen and oxygen atoms in total. The molecule has 0 atom stereocenters. The number of nitro benzene ring substituents is 1. The maximum absolute atomic E-state index is 12.3. The van der Waals surface area contributed by atoms with Gasteiger partial charge in [0.1, 0.15) is 5.75 Å². The van der Waals surface area contributed by atoms with Crippen LogP contribution in [0.2, 0.25) is 0 Å². The van der Waals surface area contributed by atoms with Crippen molar-refractivity contribution < 1.29 is 14.5 Å². The number of amides is 1. The predicted molar refractivity (Wildman–Crippen MR) is 118 cm³/mol. The number of hydrogen-bond donors (Lipinski definition) is 1. The molecule has 2 aromatic carbocycles. The minimum Gasteiger partial charge on any atom is -0.496 e. The van der Waals surface area contributed by atoms with Gasteiger partial charge >= 0.3 is 0 Å². The van der Waals surface area contributed by atoms with Crippen LogP contribution in [0.15, 0.2) is 65.8 Å². The van der Waals surface area contributed by atoms with Gasteiger partial charge in [0.15, 0.2) is 5.65 Å². The van der Waals surface area contributed by atoms with E-state index in [2.05, 4.69) is 20.6 Å². The molecule has 1 amide bonds. The number of hydrogen-bond acceptors (Lipinski definition) is 8. The number of benzene rings is 2. The van der Waals surface area contributed by atoms with Crippen molar-refractivity contribution in [1.29, 1.82) is 0 Å². The maximum Gasteiger partial charge on any atom is 0.270 e. The number of ether oxygens (including phenoxy) is 1. The van der Waals surface area contributed by atoms with E-state index in [-0.39, 0.29) is 17.3 Å². The van der Waals surface area contributed by atoms with Crippen molar-refractivity contribution in [3.8, 4) is 17.0 Å². The molecule has 0 spiro atoms. The van der Waals surface area contributed by atoms with Crippen LogP contribution in [0.25, 0.3) is 16.9 Å². The number of nitrogens with zero attached hydrogens (tertiary/aromatic N) is 5.